The lowest BCUT2D eigenvalue weighted by molar-refractivity contribution is 0.482. The van der Waals surface area contributed by atoms with E-state index in [0.29, 0.717) is 12.0 Å². The molecule has 0 bridgehead atoms. The van der Waals surface area contributed by atoms with Gasteiger partial charge < -0.3 is 0 Å². The van der Waals surface area contributed by atoms with E-state index < -0.39 is 10.1 Å². The van der Waals surface area contributed by atoms with E-state index >= 15 is 0 Å². The van der Waals surface area contributed by atoms with E-state index in [0.717, 1.165) is 22.5 Å². The fraction of sp³-hybridized carbons (Fsp3) is 0.278. The summed E-state index contributed by atoms with van der Waals surface area (Å²) in [5.41, 5.74) is 3.86. The first-order valence-electron chi connectivity index (χ1n) is 7.45. The number of nitrogens with zero attached hydrogens (tertiary/aromatic N) is 1. The molecule has 23 heavy (non-hydrogen) atoms. The molecule has 1 aliphatic rings. The van der Waals surface area contributed by atoms with Crippen LogP contribution in [0.25, 0.3) is 0 Å². The van der Waals surface area contributed by atoms with E-state index in [1.807, 2.05) is 51.1 Å². The van der Waals surface area contributed by atoms with Gasteiger partial charge in [0, 0.05) is 11.1 Å². The first-order valence-corrected chi connectivity index (χ1v) is 8.89. The van der Waals surface area contributed by atoms with Crippen molar-refractivity contribution in [2.24, 2.45) is 4.99 Å². The molecule has 5 heteroatoms. The predicted octanol–water partition coefficient (Wildman–Crippen LogP) is 3.91. The van der Waals surface area contributed by atoms with Crippen molar-refractivity contribution in [3.63, 3.8) is 0 Å². The summed E-state index contributed by atoms with van der Waals surface area (Å²) < 4.78 is 33.4. The van der Waals surface area contributed by atoms with Gasteiger partial charge >= 0.3 is 0 Å². The highest BCUT2D eigenvalue weighted by molar-refractivity contribution is 7.85. The van der Waals surface area contributed by atoms with E-state index in [-0.39, 0.29) is 10.3 Å². The average Bonchev–Trinajstić information content (AvgIpc) is 2.69. The van der Waals surface area contributed by atoms with Crippen LogP contribution in [0.3, 0.4) is 0 Å². The number of fused-ring (bicyclic) bond motifs is 1. The molecular weight excluding hydrogens is 310 g/mol. The summed E-state index contributed by atoms with van der Waals surface area (Å²) in [5.74, 6) is 0. The van der Waals surface area contributed by atoms with E-state index in [9.17, 15) is 13.0 Å². The minimum atomic E-state index is -4.29. The van der Waals surface area contributed by atoms with Gasteiger partial charge in [-0.3, -0.25) is 9.55 Å². The molecule has 0 saturated heterocycles. The molecule has 1 heterocycles. The van der Waals surface area contributed by atoms with Gasteiger partial charge in [-0.2, -0.15) is 8.42 Å². The summed E-state index contributed by atoms with van der Waals surface area (Å²) in [6.45, 7) is 6.00. The normalized spacial score (nSPS) is 16.1. The smallest absolute Gasteiger partial charge is 0.282 e. The van der Waals surface area contributed by atoms with Crippen LogP contribution in [0.4, 0.5) is 5.69 Å². The van der Waals surface area contributed by atoms with E-state index in [1.54, 1.807) is 6.07 Å². The van der Waals surface area contributed by atoms with Crippen molar-refractivity contribution in [3.8, 4) is 0 Å². The summed E-state index contributed by atoms with van der Waals surface area (Å²) >= 11 is 0. The Hall–Kier alpha value is -1.98. The molecule has 1 aliphatic heterocycles. The lowest BCUT2D eigenvalue weighted by Crippen LogP contribution is -2.25. The lowest BCUT2D eigenvalue weighted by Gasteiger charge is -2.24. The van der Waals surface area contributed by atoms with Crippen molar-refractivity contribution in [3.05, 3.63) is 59.2 Å². The van der Waals surface area contributed by atoms with Crippen molar-refractivity contribution < 1.29 is 13.0 Å². The SMILES string of the molecule is CC1=Nc2ccc(S(=O)(=O)O)c(Cc3ccccc3)c2C1(C)C. The molecule has 0 radical (unpaired) electrons. The van der Waals surface area contributed by atoms with Gasteiger partial charge in [-0.15, -0.1) is 0 Å². The van der Waals surface area contributed by atoms with Crippen LogP contribution in [0.15, 0.2) is 52.4 Å². The van der Waals surface area contributed by atoms with Crippen molar-refractivity contribution in [2.45, 2.75) is 37.5 Å². The highest BCUT2D eigenvalue weighted by Gasteiger charge is 2.36. The monoisotopic (exact) mass is 329 g/mol. The van der Waals surface area contributed by atoms with Crippen molar-refractivity contribution in [2.75, 3.05) is 0 Å². The number of benzene rings is 2. The summed E-state index contributed by atoms with van der Waals surface area (Å²) in [6.07, 6.45) is 0.436. The zero-order valence-electron chi connectivity index (χ0n) is 13.4. The third-order valence-corrected chi connectivity index (χ3v) is 5.51. The Kier molecular flexibility index (Phi) is 3.65. The quantitative estimate of drug-likeness (QED) is 0.868. The fourth-order valence-corrected chi connectivity index (χ4v) is 3.85. The standard InChI is InChI=1S/C18H19NO3S/c1-12-18(2,3)17-14(11-13-7-5-4-6-8-13)16(23(20,21)22)10-9-15(17)19-12/h4-10H,11H2,1-3H3,(H,20,21,22). The summed E-state index contributed by atoms with van der Waals surface area (Å²) in [7, 11) is -4.29. The van der Waals surface area contributed by atoms with Gasteiger partial charge in [0.1, 0.15) is 0 Å². The van der Waals surface area contributed by atoms with Crippen molar-refractivity contribution >= 4 is 21.5 Å². The molecule has 0 aromatic heterocycles. The molecule has 0 saturated carbocycles. The second-order valence-corrected chi connectivity index (χ2v) is 7.79. The van der Waals surface area contributed by atoms with E-state index in [1.165, 1.54) is 6.07 Å². The summed E-state index contributed by atoms with van der Waals surface area (Å²) in [4.78, 5) is 4.54. The molecule has 3 rings (SSSR count). The van der Waals surface area contributed by atoms with Crippen LogP contribution in [-0.4, -0.2) is 18.7 Å². The largest absolute Gasteiger partial charge is 0.294 e. The zero-order valence-corrected chi connectivity index (χ0v) is 14.2. The van der Waals surface area contributed by atoms with E-state index in [4.69, 9.17) is 0 Å². The molecule has 0 fully saturated rings. The van der Waals surface area contributed by atoms with Crippen LogP contribution in [0, 0.1) is 0 Å². The Morgan fingerprint density at radius 1 is 1.09 bits per heavy atom. The number of aliphatic imine (C=N–C) groups is 1. The molecular formula is C18H19NO3S. The number of rotatable bonds is 3. The molecule has 0 atom stereocenters. The second-order valence-electron chi connectivity index (χ2n) is 6.40. The van der Waals surface area contributed by atoms with Crippen molar-refractivity contribution in [1.29, 1.82) is 0 Å². The molecule has 2 aromatic rings. The first kappa shape index (κ1) is 15.9. The molecule has 0 amide bonds. The van der Waals surface area contributed by atoms with Crippen LogP contribution >= 0.6 is 0 Å². The molecule has 4 nitrogen and oxygen atoms in total. The van der Waals surface area contributed by atoms with Gasteiger partial charge in [0.05, 0.1) is 10.6 Å². The topological polar surface area (TPSA) is 66.7 Å². The Labute approximate surface area is 136 Å². The van der Waals surface area contributed by atoms with Crippen molar-refractivity contribution in [1.82, 2.24) is 0 Å². The third-order valence-electron chi connectivity index (χ3n) is 4.57. The highest BCUT2D eigenvalue weighted by Crippen LogP contribution is 2.44. The molecule has 1 N–H and O–H groups in total. The van der Waals surface area contributed by atoms with E-state index in [2.05, 4.69) is 4.99 Å². The molecule has 120 valence electrons. The van der Waals surface area contributed by atoms with Gasteiger partial charge in [-0.1, -0.05) is 44.2 Å². The number of hydrogen-bond donors (Lipinski definition) is 1. The Balaban J connectivity index is 2.26. The minimum Gasteiger partial charge on any atom is -0.282 e. The predicted molar refractivity (Wildman–Crippen MR) is 91.3 cm³/mol. The molecule has 2 aromatic carbocycles. The Morgan fingerprint density at radius 3 is 2.35 bits per heavy atom. The molecule has 0 aliphatic carbocycles. The maximum Gasteiger partial charge on any atom is 0.294 e. The van der Waals surface area contributed by atoms with Crippen LogP contribution in [0.5, 0.6) is 0 Å². The Bertz CT molecular complexity index is 897. The fourth-order valence-electron chi connectivity index (χ4n) is 3.13. The van der Waals surface area contributed by atoms with Crippen LogP contribution < -0.4 is 0 Å². The van der Waals surface area contributed by atoms with Gasteiger partial charge in [0.25, 0.3) is 10.1 Å². The maximum absolute atomic E-state index is 11.9. The van der Waals surface area contributed by atoms with Gasteiger partial charge in [0.2, 0.25) is 0 Å². The molecule has 0 spiro atoms. The van der Waals surface area contributed by atoms with Crippen LogP contribution in [0.2, 0.25) is 0 Å². The number of hydrogen-bond acceptors (Lipinski definition) is 3. The molecule has 0 unspecified atom stereocenters. The Morgan fingerprint density at radius 2 is 1.74 bits per heavy atom. The lowest BCUT2D eigenvalue weighted by atomic mass is 9.78. The zero-order chi connectivity index (χ0) is 16.8. The minimum absolute atomic E-state index is 0.0296. The second kappa shape index (κ2) is 5.28. The van der Waals surface area contributed by atoms with Crippen LogP contribution in [0.1, 0.15) is 37.5 Å². The summed E-state index contributed by atoms with van der Waals surface area (Å²) in [6, 6.07) is 12.8. The van der Waals surface area contributed by atoms with Gasteiger partial charge in [0.15, 0.2) is 0 Å². The first-order chi connectivity index (χ1) is 10.7. The van der Waals surface area contributed by atoms with Gasteiger partial charge in [-0.25, -0.2) is 0 Å². The highest BCUT2D eigenvalue weighted by atomic mass is 32.2. The van der Waals surface area contributed by atoms with Gasteiger partial charge in [-0.05, 0) is 42.2 Å². The average molecular weight is 329 g/mol. The van der Waals surface area contributed by atoms with Crippen LogP contribution in [-0.2, 0) is 22.0 Å². The third kappa shape index (κ3) is 2.71. The summed E-state index contributed by atoms with van der Waals surface area (Å²) in [5, 5.41) is 0. The maximum atomic E-state index is 11.9.